The SMILES string of the molecule is N#Cc1c(F)cccc1NC(=O)C1CCCCC1C(=O)O. The lowest BCUT2D eigenvalue weighted by molar-refractivity contribution is -0.147. The molecule has 1 aliphatic rings. The highest BCUT2D eigenvalue weighted by Crippen LogP contribution is 2.31. The largest absolute Gasteiger partial charge is 0.481 e. The van der Waals surface area contributed by atoms with E-state index in [1.807, 2.05) is 0 Å². The topological polar surface area (TPSA) is 90.2 Å². The van der Waals surface area contributed by atoms with Crippen molar-refractivity contribution in [1.82, 2.24) is 0 Å². The summed E-state index contributed by atoms with van der Waals surface area (Å²) >= 11 is 0. The molecular formula is C15H15FN2O3. The molecule has 1 aromatic rings. The lowest BCUT2D eigenvalue weighted by Gasteiger charge is -2.27. The Morgan fingerprint density at radius 2 is 1.95 bits per heavy atom. The second kappa shape index (κ2) is 6.35. The van der Waals surface area contributed by atoms with Crippen molar-refractivity contribution in [2.75, 3.05) is 5.32 Å². The number of carboxylic acids is 1. The molecule has 1 aliphatic carbocycles. The van der Waals surface area contributed by atoms with E-state index in [1.165, 1.54) is 12.1 Å². The predicted octanol–water partition coefficient (Wildman–Crippen LogP) is 2.53. The van der Waals surface area contributed by atoms with Gasteiger partial charge in [0.2, 0.25) is 5.91 Å². The first-order valence-electron chi connectivity index (χ1n) is 6.77. The second-order valence-corrected chi connectivity index (χ2v) is 5.10. The summed E-state index contributed by atoms with van der Waals surface area (Å²) in [6.07, 6.45) is 2.52. The van der Waals surface area contributed by atoms with E-state index in [0.717, 1.165) is 18.9 Å². The van der Waals surface area contributed by atoms with E-state index < -0.39 is 29.5 Å². The molecule has 1 aromatic carbocycles. The molecule has 0 heterocycles. The molecule has 0 saturated heterocycles. The van der Waals surface area contributed by atoms with Gasteiger partial charge in [-0.25, -0.2) is 4.39 Å². The van der Waals surface area contributed by atoms with Crippen molar-refractivity contribution in [2.24, 2.45) is 11.8 Å². The quantitative estimate of drug-likeness (QED) is 0.895. The van der Waals surface area contributed by atoms with Crippen LogP contribution in [0.4, 0.5) is 10.1 Å². The van der Waals surface area contributed by atoms with E-state index in [-0.39, 0.29) is 11.3 Å². The third kappa shape index (κ3) is 3.19. The highest BCUT2D eigenvalue weighted by molar-refractivity contribution is 5.96. The summed E-state index contributed by atoms with van der Waals surface area (Å²) in [5.74, 6) is -3.54. The van der Waals surface area contributed by atoms with E-state index in [4.69, 9.17) is 5.26 Å². The molecule has 0 radical (unpaired) electrons. The van der Waals surface area contributed by atoms with Gasteiger partial charge < -0.3 is 10.4 Å². The van der Waals surface area contributed by atoms with E-state index in [0.29, 0.717) is 12.8 Å². The average Bonchev–Trinajstić information content (AvgIpc) is 2.47. The third-order valence-electron chi connectivity index (χ3n) is 3.80. The molecule has 0 spiro atoms. The molecule has 21 heavy (non-hydrogen) atoms. The van der Waals surface area contributed by atoms with Gasteiger partial charge in [-0.2, -0.15) is 5.26 Å². The van der Waals surface area contributed by atoms with Crippen LogP contribution in [0.5, 0.6) is 0 Å². The zero-order valence-corrected chi connectivity index (χ0v) is 11.3. The number of nitrogens with one attached hydrogen (secondary N) is 1. The third-order valence-corrected chi connectivity index (χ3v) is 3.80. The van der Waals surface area contributed by atoms with Crippen LogP contribution in [0.2, 0.25) is 0 Å². The minimum Gasteiger partial charge on any atom is -0.481 e. The molecule has 5 nitrogen and oxygen atoms in total. The number of carboxylic acid groups (broad SMARTS) is 1. The first-order valence-corrected chi connectivity index (χ1v) is 6.77. The molecule has 1 amide bonds. The van der Waals surface area contributed by atoms with Gasteiger partial charge in [0.05, 0.1) is 17.5 Å². The summed E-state index contributed by atoms with van der Waals surface area (Å²) in [5, 5.41) is 20.6. The number of amides is 1. The van der Waals surface area contributed by atoms with Crippen molar-refractivity contribution < 1.29 is 19.1 Å². The highest BCUT2D eigenvalue weighted by Gasteiger charge is 2.35. The Morgan fingerprint density at radius 1 is 1.29 bits per heavy atom. The Hall–Kier alpha value is -2.42. The first-order chi connectivity index (χ1) is 10.0. The number of rotatable bonds is 3. The zero-order valence-electron chi connectivity index (χ0n) is 11.3. The highest BCUT2D eigenvalue weighted by atomic mass is 19.1. The van der Waals surface area contributed by atoms with Crippen LogP contribution in [0.25, 0.3) is 0 Å². The van der Waals surface area contributed by atoms with Crippen LogP contribution in [-0.2, 0) is 9.59 Å². The molecule has 2 rings (SSSR count). The molecule has 1 fully saturated rings. The Bertz CT molecular complexity index is 609. The summed E-state index contributed by atoms with van der Waals surface area (Å²) in [5.41, 5.74) is -0.161. The number of anilines is 1. The van der Waals surface area contributed by atoms with E-state index in [1.54, 1.807) is 6.07 Å². The standard InChI is InChI=1S/C15H15FN2O3/c16-12-6-3-7-13(11(12)8-17)18-14(19)9-4-1-2-5-10(9)15(20)21/h3,6-7,9-10H,1-2,4-5H2,(H,18,19)(H,20,21). The second-order valence-electron chi connectivity index (χ2n) is 5.10. The molecule has 2 unspecified atom stereocenters. The molecule has 0 aromatic heterocycles. The number of halogens is 1. The van der Waals surface area contributed by atoms with Crippen LogP contribution in [0.1, 0.15) is 31.2 Å². The van der Waals surface area contributed by atoms with Gasteiger partial charge in [0, 0.05) is 0 Å². The van der Waals surface area contributed by atoms with Gasteiger partial charge in [-0.05, 0) is 25.0 Å². The van der Waals surface area contributed by atoms with Crippen LogP contribution in [0, 0.1) is 29.0 Å². The van der Waals surface area contributed by atoms with Crippen LogP contribution >= 0.6 is 0 Å². The molecule has 6 heteroatoms. The molecule has 0 aliphatic heterocycles. The van der Waals surface area contributed by atoms with Crippen molar-refractivity contribution in [3.05, 3.63) is 29.6 Å². The number of carbonyl (C=O) groups is 2. The lowest BCUT2D eigenvalue weighted by atomic mass is 9.78. The predicted molar refractivity (Wildman–Crippen MR) is 72.8 cm³/mol. The minimum atomic E-state index is -0.991. The molecule has 2 N–H and O–H groups in total. The zero-order chi connectivity index (χ0) is 15.4. The number of carbonyl (C=O) groups excluding carboxylic acids is 1. The van der Waals surface area contributed by atoms with Crippen LogP contribution in [-0.4, -0.2) is 17.0 Å². The van der Waals surface area contributed by atoms with Gasteiger partial charge in [0.25, 0.3) is 0 Å². The number of hydrogen-bond acceptors (Lipinski definition) is 3. The summed E-state index contributed by atoms with van der Waals surface area (Å²) in [6.45, 7) is 0. The molecular weight excluding hydrogens is 275 g/mol. The van der Waals surface area contributed by atoms with Gasteiger partial charge in [-0.3, -0.25) is 9.59 Å². The van der Waals surface area contributed by atoms with Crippen molar-refractivity contribution in [3.63, 3.8) is 0 Å². The van der Waals surface area contributed by atoms with Gasteiger partial charge in [-0.1, -0.05) is 18.9 Å². The fraction of sp³-hybridized carbons (Fsp3) is 0.400. The number of nitrogens with zero attached hydrogens (tertiary/aromatic N) is 1. The smallest absolute Gasteiger partial charge is 0.307 e. The lowest BCUT2D eigenvalue weighted by Crippen LogP contribution is -2.36. The summed E-state index contributed by atoms with van der Waals surface area (Å²) in [6, 6.07) is 5.65. The monoisotopic (exact) mass is 290 g/mol. The molecule has 1 saturated carbocycles. The van der Waals surface area contributed by atoms with Crippen LogP contribution in [0.15, 0.2) is 18.2 Å². The molecule has 110 valence electrons. The van der Waals surface area contributed by atoms with Gasteiger partial charge in [0.15, 0.2) is 0 Å². The Kier molecular flexibility index (Phi) is 4.53. The number of aliphatic carboxylic acids is 1. The average molecular weight is 290 g/mol. The van der Waals surface area contributed by atoms with Gasteiger partial charge in [0.1, 0.15) is 17.4 Å². The Morgan fingerprint density at radius 3 is 2.57 bits per heavy atom. The van der Waals surface area contributed by atoms with E-state index >= 15 is 0 Å². The van der Waals surface area contributed by atoms with Crippen LogP contribution < -0.4 is 5.32 Å². The fourth-order valence-electron chi connectivity index (χ4n) is 2.71. The van der Waals surface area contributed by atoms with E-state index in [2.05, 4.69) is 5.32 Å². The van der Waals surface area contributed by atoms with Crippen molar-refractivity contribution in [2.45, 2.75) is 25.7 Å². The molecule has 0 bridgehead atoms. The van der Waals surface area contributed by atoms with E-state index in [9.17, 15) is 19.1 Å². The Labute approximate surface area is 121 Å². The summed E-state index contributed by atoms with van der Waals surface area (Å²) in [4.78, 5) is 23.5. The maximum Gasteiger partial charge on any atom is 0.307 e. The normalized spacial score (nSPS) is 21.3. The number of nitriles is 1. The molecule has 2 atom stereocenters. The number of hydrogen-bond donors (Lipinski definition) is 2. The summed E-state index contributed by atoms with van der Waals surface area (Å²) in [7, 11) is 0. The van der Waals surface area contributed by atoms with Gasteiger partial charge >= 0.3 is 5.97 Å². The minimum absolute atomic E-state index is 0.0808. The van der Waals surface area contributed by atoms with Crippen molar-refractivity contribution >= 4 is 17.6 Å². The van der Waals surface area contributed by atoms with Crippen molar-refractivity contribution in [3.8, 4) is 6.07 Å². The number of benzene rings is 1. The van der Waals surface area contributed by atoms with Crippen molar-refractivity contribution in [1.29, 1.82) is 5.26 Å². The Balaban J connectivity index is 2.20. The fourth-order valence-corrected chi connectivity index (χ4v) is 2.71. The van der Waals surface area contributed by atoms with Gasteiger partial charge in [-0.15, -0.1) is 0 Å². The van der Waals surface area contributed by atoms with Crippen LogP contribution in [0.3, 0.4) is 0 Å². The maximum atomic E-state index is 13.5. The first kappa shape index (κ1) is 15.0. The maximum absolute atomic E-state index is 13.5. The summed E-state index contributed by atoms with van der Waals surface area (Å²) < 4.78 is 13.5.